The summed E-state index contributed by atoms with van der Waals surface area (Å²) in [6.45, 7) is 7.86. The topological polar surface area (TPSA) is 45.3 Å². The van der Waals surface area contributed by atoms with Crippen molar-refractivity contribution in [3.8, 4) is 5.75 Å². The number of nitrogens with zero attached hydrogens (tertiary/aromatic N) is 3. The molecule has 1 atom stereocenters. The molecule has 174 valence electrons. The molecule has 2 aliphatic heterocycles. The normalized spacial score (nSPS) is 22.7. The Morgan fingerprint density at radius 1 is 1.10 bits per heavy atom. The maximum Gasteiger partial charge on any atom is 0.573 e. The number of hydrogen-bond donors (Lipinski definition) is 0. The summed E-state index contributed by atoms with van der Waals surface area (Å²) in [5.41, 5.74) is 0.757. The molecule has 2 saturated heterocycles. The van der Waals surface area contributed by atoms with Crippen LogP contribution < -0.4 is 4.74 Å². The van der Waals surface area contributed by atoms with Gasteiger partial charge < -0.3 is 19.3 Å². The van der Waals surface area contributed by atoms with Gasteiger partial charge in [0.1, 0.15) is 5.75 Å². The van der Waals surface area contributed by atoms with Crippen LogP contribution in [0.3, 0.4) is 0 Å². The third kappa shape index (κ3) is 7.08. The molecular weight excluding hydrogens is 411 g/mol. The molecule has 0 aliphatic carbocycles. The van der Waals surface area contributed by atoms with Crippen molar-refractivity contribution < 1.29 is 27.4 Å². The summed E-state index contributed by atoms with van der Waals surface area (Å²) in [5.74, 6) is -0.135. The zero-order valence-corrected chi connectivity index (χ0v) is 18.4. The average Bonchev–Trinajstić information content (AvgIpc) is 2.86. The summed E-state index contributed by atoms with van der Waals surface area (Å²) >= 11 is 0. The summed E-state index contributed by atoms with van der Waals surface area (Å²) in [5, 5.41) is 0. The molecule has 0 saturated carbocycles. The highest BCUT2D eigenvalue weighted by molar-refractivity contribution is 5.79. The Balaban J connectivity index is 1.64. The summed E-state index contributed by atoms with van der Waals surface area (Å²) in [6.07, 6.45) is -2.82. The van der Waals surface area contributed by atoms with E-state index in [0.717, 1.165) is 31.5 Å². The predicted octanol–water partition coefficient (Wildman–Crippen LogP) is 3.12. The van der Waals surface area contributed by atoms with Gasteiger partial charge in [0.2, 0.25) is 5.91 Å². The minimum absolute atomic E-state index is 0.0786. The monoisotopic (exact) mass is 443 g/mol. The molecule has 0 bridgehead atoms. The second-order valence-corrected chi connectivity index (χ2v) is 8.73. The predicted molar refractivity (Wildman–Crippen MR) is 111 cm³/mol. The SMILES string of the molecule is CC(C)N1CC(OCc2ccc(OC(F)(F)F)cc2)CN(C2CCN(C)CC2)CC1=O. The first kappa shape index (κ1) is 23.8. The first-order chi connectivity index (χ1) is 14.6. The van der Waals surface area contributed by atoms with Crippen LogP contribution in [-0.2, 0) is 16.1 Å². The number of ether oxygens (including phenoxy) is 2. The van der Waals surface area contributed by atoms with Crippen molar-refractivity contribution in [1.82, 2.24) is 14.7 Å². The molecule has 2 fully saturated rings. The van der Waals surface area contributed by atoms with Crippen molar-refractivity contribution in [2.45, 2.75) is 57.8 Å². The van der Waals surface area contributed by atoms with Crippen LogP contribution in [-0.4, -0.2) is 84.9 Å². The second-order valence-electron chi connectivity index (χ2n) is 8.73. The second kappa shape index (κ2) is 10.2. The zero-order chi connectivity index (χ0) is 22.6. The van der Waals surface area contributed by atoms with E-state index in [4.69, 9.17) is 4.74 Å². The molecule has 0 N–H and O–H groups in total. The van der Waals surface area contributed by atoms with E-state index >= 15 is 0 Å². The smallest absolute Gasteiger partial charge is 0.406 e. The van der Waals surface area contributed by atoms with Gasteiger partial charge >= 0.3 is 6.36 Å². The number of hydrogen-bond acceptors (Lipinski definition) is 5. The molecule has 1 aromatic rings. The summed E-state index contributed by atoms with van der Waals surface area (Å²) in [4.78, 5) is 19.3. The number of carbonyl (C=O) groups is 1. The van der Waals surface area contributed by atoms with Crippen molar-refractivity contribution >= 4 is 5.91 Å². The largest absolute Gasteiger partial charge is 0.573 e. The Kier molecular flexibility index (Phi) is 7.82. The van der Waals surface area contributed by atoms with Crippen molar-refractivity contribution in [3.05, 3.63) is 29.8 Å². The van der Waals surface area contributed by atoms with Crippen LogP contribution in [0.15, 0.2) is 24.3 Å². The van der Waals surface area contributed by atoms with E-state index in [1.54, 1.807) is 12.1 Å². The van der Waals surface area contributed by atoms with Gasteiger partial charge in [-0.3, -0.25) is 9.69 Å². The molecule has 2 aliphatic rings. The van der Waals surface area contributed by atoms with Gasteiger partial charge in [-0.05, 0) is 64.5 Å². The molecule has 1 amide bonds. The number of piperidine rings is 1. The van der Waals surface area contributed by atoms with Gasteiger partial charge in [-0.25, -0.2) is 0 Å². The van der Waals surface area contributed by atoms with Crippen LogP contribution in [0.2, 0.25) is 0 Å². The first-order valence-electron chi connectivity index (χ1n) is 10.8. The maximum atomic E-state index is 12.9. The number of carbonyl (C=O) groups excluding carboxylic acids is 1. The Bertz CT molecular complexity index is 719. The molecule has 0 aromatic heterocycles. The van der Waals surface area contributed by atoms with Crippen molar-refractivity contribution in [3.63, 3.8) is 0 Å². The maximum absolute atomic E-state index is 12.9. The number of benzene rings is 1. The summed E-state index contributed by atoms with van der Waals surface area (Å²) < 4.78 is 47.1. The van der Waals surface area contributed by atoms with Gasteiger partial charge in [0.25, 0.3) is 0 Å². The van der Waals surface area contributed by atoms with Gasteiger partial charge in [-0.15, -0.1) is 13.2 Å². The van der Waals surface area contributed by atoms with E-state index < -0.39 is 6.36 Å². The molecule has 0 spiro atoms. The van der Waals surface area contributed by atoms with Gasteiger partial charge in [0, 0.05) is 25.2 Å². The third-order valence-corrected chi connectivity index (χ3v) is 5.97. The molecule has 0 radical (unpaired) electrons. The van der Waals surface area contributed by atoms with Crippen molar-refractivity contribution in [2.75, 3.05) is 39.8 Å². The number of likely N-dealkylation sites (tertiary alicyclic amines) is 1. The zero-order valence-electron chi connectivity index (χ0n) is 18.4. The highest BCUT2D eigenvalue weighted by atomic mass is 19.4. The van der Waals surface area contributed by atoms with Gasteiger partial charge in [0.05, 0.1) is 19.3 Å². The number of rotatable bonds is 6. The van der Waals surface area contributed by atoms with Gasteiger partial charge in [-0.1, -0.05) is 12.1 Å². The lowest BCUT2D eigenvalue weighted by atomic mass is 10.0. The fourth-order valence-corrected chi connectivity index (χ4v) is 4.21. The number of amides is 1. The van der Waals surface area contributed by atoms with Crippen LogP contribution in [0.25, 0.3) is 0 Å². The molecular formula is C22H32F3N3O3. The fraction of sp³-hybridized carbons (Fsp3) is 0.682. The molecule has 31 heavy (non-hydrogen) atoms. The summed E-state index contributed by atoms with van der Waals surface area (Å²) in [6, 6.07) is 6.14. The highest BCUT2D eigenvalue weighted by Crippen LogP contribution is 2.24. The average molecular weight is 444 g/mol. The first-order valence-corrected chi connectivity index (χ1v) is 10.8. The Hall–Kier alpha value is -1.84. The number of halogens is 3. The van der Waals surface area contributed by atoms with E-state index in [1.807, 2.05) is 18.7 Å². The van der Waals surface area contributed by atoms with Gasteiger partial charge in [0.15, 0.2) is 0 Å². The molecule has 1 unspecified atom stereocenters. The lowest BCUT2D eigenvalue weighted by Gasteiger charge is -2.37. The van der Waals surface area contributed by atoms with E-state index in [0.29, 0.717) is 25.7 Å². The lowest BCUT2D eigenvalue weighted by molar-refractivity contribution is -0.274. The van der Waals surface area contributed by atoms with E-state index in [1.165, 1.54) is 12.1 Å². The van der Waals surface area contributed by atoms with Crippen LogP contribution in [0, 0.1) is 0 Å². The lowest BCUT2D eigenvalue weighted by Crippen LogP contribution is -2.47. The molecule has 3 rings (SSSR count). The van der Waals surface area contributed by atoms with Crippen LogP contribution in [0.1, 0.15) is 32.3 Å². The molecule has 9 heteroatoms. The van der Waals surface area contributed by atoms with E-state index in [2.05, 4.69) is 21.6 Å². The van der Waals surface area contributed by atoms with E-state index in [9.17, 15) is 18.0 Å². The van der Waals surface area contributed by atoms with E-state index in [-0.39, 0.29) is 30.4 Å². The highest BCUT2D eigenvalue weighted by Gasteiger charge is 2.34. The standard InChI is InChI=1S/C22H32F3N3O3/c1-16(2)28-13-20(12-27(14-21(28)29)18-8-10-26(3)11-9-18)30-15-17-4-6-19(7-5-17)31-22(23,24)25/h4-7,16,18,20H,8-15H2,1-3H3. The summed E-state index contributed by atoms with van der Waals surface area (Å²) in [7, 11) is 2.11. The Labute approximate surface area is 181 Å². The van der Waals surface area contributed by atoms with Crippen molar-refractivity contribution in [2.24, 2.45) is 0 Å². The molecule has 1 aromatic carbocycles. The molecule has 6 nitrogen and oxygen atoms in total. The minimum atomic E-state index is -4.71. The molecule has 2 heterocycles. The van der Waals surface area contributed by atoms with Crippen LogP contribution >= 0.6 is 0 Å². The quantitative estimate of drug-likeness (QED) is 0.676. The Morgan fingerprint density at radius 3 is 2.32 bits per heavy atom. The minimum Gasteiger partial charge on any atom is -0.406 e. The van der Waals surface area contributed by atoms with Crippen molar-refractivity contribution in [1.29, 1.82) is 0 Å². The van der Waals surface area contributed by atoms with Crippen LogP contribution in [0.4, 0.5) is 13.2 Å². The van der Waals surface area contributed by atoms with Gasteiger partial charge in [-0.2, -0.15) is 0 Å². The number of alkyl halides is 3. The Morgan fingerprint density at radius 2 is 1.74 bits per heavy atom. The third-order valence-electron chi connectivity index (χ3n) is 5.97. The fourth-order valence-electron chi connectivity index (χ4n) is 4.21. The van der Waals surface area contributed by atoms with Crippen LogP contribution in [0.5, 0.6) is 5.75 Å².